The van der Waals surface area contributed by atoms with Crippen molar-refractivity contribution in [2.24, 2.45) is 11.7 Å². The van der Waals surface area contributed by atoms with Gasteiger partial charge in [-0.1, -0.05) is 103 Å². The van der Waals surface area contributed by atoms with Crippen LogP contribution in [0.1, 0.15) is 134 Å². The monoisotopic (exact) mass is 534 g/mol. The van der Waals surface area contributed by atoms with Gasteiger partial charge in [-0.3, -0.25) is 4.90 Å². The van der Waals surface area contributed by atoms with Crippen LogP contribution in [0.4, 0.5) is 10.6 Å². The van der Waals surface area contributed by atoms with Crippen LogP contribution in [0.15, 0.2) is 6.33 Å². The number of nitrogens with two attached hydrogens (primary N) is 1. The highest BCUT2D eigenvalue weighted by atomic mass is 16.5. The third kappa shape index (κ3) is 13.4. The highest BCUT2D eigenvalue weighted by molar-refractivity contribution is 5.93. The number of H-pyrrole nitrogens is 1. The van der Waals surface area contributed by atoms with Crippen LogP contribution in [0.3, 0.4) is 0 Å². The van der Waals surface area contributed by atoms with Crippen molar-refractivity contribution < 1.29 is 9.53 Å². The summed E-state index contributed by atoms with van der Waals surface area (Å²) in [4.78, 5) is 20.8. The van der Waals surface area contributed by atoms with Crippen LogP contribution in [0.5, 0.6) is 0 Å². The fraction of sp³-hybridized carbons (Fsp3) is 0.867. The van der Waals surface area contributed by atoms with Crippen LogP contribution >= 0.6 is 0 Å². The molecule has 1 aromatic rings. The molecule has 1 aromatic heterocycles. The predicted octanol–water partition coefficient (Wildman–Crippen LogP) is 6.79. The Morgan fingerprint density at radius 2 is 1.55 bits per heavy atom. The van der Waals surface area contributed by atoms with Gasteiger partial charge in [0.1, 0.15) is 5.69 Å². The molecule has 2 unspecified atom stereocenters. The van der Waals surface area contributed by atoms with Crippen LogP contribution in [0.25, 0.3) is 0 Å². The zero-order valence-corrected chi connectivity index (χ0v) is 24.6. The number of ether oxygens (including phenoxy) is 1. The molecule has 0 fully saturated rings. The summed E-state index contributed by atoms with van der Waals surface area (Å²) in [6.07, 6.45) is 24.9. The maximum atomic E-state index is 12.0. The zero-order chi connectivity index (χ0) is 27.3. The molecule has 1 aliphatic rings. The minimum atomic E-state index is -0.434. The van der Waals surface area contributed by atoms with Crippen LogP contribution in [0, 0.1) is 5.92 Å². The zero-order valence-electron chi connectivity index (χ0n) is 24.6. The van der Waals surface area contributed by atoms with Crippen LogP contribution in [-0.4, -0.2) is 49.3 Å². The molecule has 5 N–H and O–H groups in total. The number of amides is 2. The van der Waals surface area contributed by atoms with E-state index in [1.165, 1.54) is 108 Å². The minimum Gasteiger partial charge on any atom is -0.352 e. The molecule has 0 radical (unpaired) electrons. The Hall–Kier alpha value is -1.64. The number of nitrogens with one attached hydrogen (secondary N) is 3. The molecule has 2 amide bonds. The maximum absolute atomic E-state index is 12.0. The first-order valence-electron chi connectivity index (χ1n) is 15.8. The Bertz CT molecular complexity index is 713. The van der Waals surface area contributed by atoms with Gasteiger partial charge in [-0.15, -0.1) is 0 Å². The van der Waals surface area contributed by atoms with E-state index in [-0.39, 0.29) is 6.03 Å². The SMILES string of the molecule is CCCCCCCCCCCCNCC(CN)CCCCCCCCCOC1NC(=O)N(C)c2nc[nH]c21. The number of anilines is 1. The first kappa shape index (κ1) is 32.6. The van der Waals surface area contributed by atoms with Gasteiger partial charge in [0.2, 0.25) is 0 Å². The number of rotatable bonds is 25. The topological polar surface area (TPSA) is 108 Å². The fourth-order valence-corrected chi connectivity index (χ4v) is 5.23. The van der Waals surface area contributed by atoms with E-state index in [1.807, 2.05) is 0 Å². The van der Waals surface area contributed by atoms with Crippen molar-refractivity contribution in [2.75, 3.05) is 38.2 Å². The van der Waals surface area contributed by atoms with E-state index in [0.29, 0.717) is 18.3 Å². The van der Waals surface area contributed by atoms with Gasteiger partial charge >= 0.3 is 6.03 Å². The van der Waals surface area contributed by atoms with E-state index in [0.717, 1.165) is 38.2 Å². The molecule has 0 saturated heterocycles. The summed E-state index contributed by atoms with van der Waals surface area (Å²) >= 11 is 0. The number of aromatic amines is 1. The van der Waals surface area contributed by atoms with Crippen LogP contribution in [-0.2, 0) is 4.74 Å². The van der Waals surface area contributed by atoms with Gasteiger partial charge < -0.3 is 26.1 Å². The second-order valence-corrected chi connectivity index (χ2v) is 11.2. The normalized spacial score (nSPS) is 16.0. The number of unbranched alkanes of at least 4 members (excludes halogenated alkanes) is 15. The number of carbonyl (C=O) groups excluding carboxylic acids is 1. The van der Waals surface area contributed by atoms with E-state index in [9.17, 15) is 4.79 Å². The predicted molar refractivity (Wildman–Crippen MR) is 158 cm³/mol. The summed E-state index contributed by atoms with van der Waals surface area (Å²) in [7, 11) is 1.71. The highest BCUT2D eigenvalue weighted by Gasteiger charge is 2.31. The third-order valence-electron chi connectivity index (χ3n) is 7.80. The average Bonchev–Trinajstić information content (AvgIpc) is 3.42. The number of nitrogens with zero attached hydrogens (tertiary/aromatic N) is 2. The molecule has 2 rings (SSSR count). The summed E-state index contributed by atoms with van der Waals surface area (Å²) < 4.78 is 5.91. The second-order valence-electron chi connectivity index (χ2n) is 11.2. The lowest BCUT2D eigenvalue weighted by Gasteiger charge is -2.28. The fourth-order valence-electron chi connectivity index (χ4n) is 5.23. The number of carbonyl (C=O) groups is 1. The number of aromatic nitrogens is 2. The summed E-state index contributed by atoms with van der Waals surface area (Å²) in [5, 5.41) is 6.51. The van der Waals surface area contributed by atoms with E-state index < -0.39 is 6.23 Å². The van der Waals surface area contributed by atoms with E-state index in [2.05, 4.69) is 27.5 Å². The van der Waals surface area contributed by atoms with Crippen molar-refractivity contribution in [3.63, 3.8) is 0 Å². The molecule has 0 bridgehead atoms. The summed E-state index contributed by atoms with van der Waals surface area (Å²) in [6, 6.07) is -0.184. The maximum Gasteiger partial charge on any atom is 0.325 e. The molecule has 0 spiro atoms. The van der Waals surface area contributed by atoms with Gasteiger partial charge in [-0.05, 0) is 44.8 Å². The first-order chi connectivity index (χ1) is 18.7. The molecule has 8 heteroatoms. The van der Waals surface area contributed by atoms with Crippen molar-refractivity contribution in [2.45, 2.75) is 129 Å². The van der Waals surface area contributed by atoms with Crippen LogP contribution < -0.4 is 21.3 Å². The molecule has 8 nitrogen and oxygen atoms in total. The number of fused-ring (bicyclic) bond motifs is 1. The quantitative estimate of drug-likeness (QED) is 0.103. The Morgan fingerprint density at radius 1 is 0.947 bits per heavy atom. The Labute approximate surface area is 232 Å². The number of imidazole rings is 1. The van der Waals surface area contributed by atoms with Gasteiger partial charge in [0.05, 0.1) is 6.33 Å². The lowest BCUT2D eigenvalue weighted by atomic mass is 10.00. The smallest absolute Gasteiger partial charge is 0.325 e. The third-order valence-corrected chi connectivity index (χ3v) is 7.80. The lowest BCUT2D eigenvalue weighted by molar-refractivity contribution is 0.0299. The van der Waals surface area contributed by atoms with E-state index in [1.54, 1.807) is 13.4 Å². The van der Waals surface area contributed by atoms with Crippen molar-refractivity contribution in [3.05, 3.63) is 12.0 Å². The van der Waals surface area contributed by atoms with E-state index >= 15 is 0 Å². The summed E-state index contributed by atoms with van der Waals surface area (Å²) in [5.74, 6) is 1.26. The Kier molecular flexibility index (Phi) is 18.2. The lowest BCUT2D eigenvalue weighted by Crippen LogP contribution is -2.45. The molecule has 220 valence electrons. The highest BCUT2D eigenvalue weighted by Crippen LogP contribution is 2.27. The molecule has 0 aromatic carbocycles. The standard InChI is InChI=1S/C30H58N6O2/c1-3-4-5-6-7-8-9-12-15-18-21-32-24-26(23-31)20-17-14-11-10-13-16-19-22-38-29-27-28(34-25-33-27)36(2)30(37)35-29/h25-26,29,32H,3-24,31H2,1-2H3,(H,33,34)(H,35,37). The number of hydrogen-bond donors (Lipinski definition) is 4. The minimum absolute atomic E-state index is 0.184. The average molecular weight is 535 g/mol. The van der Waals surface area contributed by atoms with Gasteiger partial charge in [0, 0.05) is 13.7 Å². The van der Waals surface area contributed by atoms with Crippen molar-refractivity contribution in [1.82, 2.24) is 20.6 Å². The molecule has 38 heavy (non-hydrogen) atoms. The molecule has 2 heterocycles. The van der Waals surface area contributed by atoms with Gasteiger partial charge in [-0.25, -0.2) is 9.78 Å². The van der Waals surface area contributed by atoms with Crippen molar-refractivity contribution in [3.8, 4) is 0 Å². The first-order valence-corrected chi connectivity index (χ1v) is 15.8. The summed E-state index contributed by atoms with van der Waals surface area (Å²) in [6.45, 7) is 5.93. The van der Waals surface area contributed by atoms with Gasteiger partial charge in [0.25, 0.3) is 0 Å². The van der Waals surface area contributed by atoms with Crippen molar-refractivity contribution >= 4 is 11.8 Å². The second kappa shape index (κ2) is 21.2. The molecular formula is C30H58N6O2. The molecule has 2 atom stereocenters. The molecule has 0 saturated carbocycles. The number of urea groups is 1. The van der Waals surface area contributed by atoms with E-state index in [4.69, 9.17) is 10.5 Å². The number of hydrogen-bond acceptors (Lipinski definition) is 5. The Morgan fingerprint density at radius 3 is 2.21 bits per heavy atom. The van der Waals surface area contributed by atoms with Gasteiger partial charge in [0.15, 0.2) is 12.0 Å². The molecule has 0 aliphatic carbocycles. The Balaban J connectivity index is 1.34. The van der Waals surface area contributed by atoms with Gasteiger partial charge in [-0.2, -0.15) is 0 Å². The molecule has 1 aliphatic heterocycles. The van der Waals surface area contributed by atoms with Crippen LogP contribution in [0.2, 0.25) is 0 Å². The largest absolute Gasteiger partial charge is 0.352 e. The summed E-state index contributed by atoms with van der Waals surface area (Å²) in [5.41, 5.74) is 6.84. The van der Waals surface area contributed by atoms with Crippen molar-refractivity contribution in [1.29, 1.82) is 0 Å². The molecular weight excluding hydrogens is 476 g/mol.